The highest BCUT2D eigenvalue weighted by Gasteiger charge is 2.34. The van der Waals surface area contributed by atoms with E-state index in [1.165, 1.54) is 4.31 Å². The zero-order valence-electron chi connectivity index (χ0n) is 17.3. The van der Waals surface area contributed by atoms with E-state index in [0.29, 0.717) is 31.1 Å². The maximum Gasteiger partial charge on any atom is 0.238 e. The molecular weight excluding hydrogens is 404 g/mol. The number of methoxy groups -OCH3 is 1. The molecule has 1 N–H and O–H groups in total. The number of carbonyl (C=O) groups is 1. The normalized spacial score (nSPS) is 17.3. The molecule has 162 valence electrons. The fourth-order valence-electron chi connectivity index (χ4n) is 3.55. The van der Waals surface area contributed by atoms with Crippen LogP contribution in [-0.2, 0) is 28.0 Å². The van der Waals surface area contributed by atoms with Crippen LogP contribution in [0.15, 0.2) is 48.5 Å². The molecule has 0 radical (unpaired) electrons. The summed E-state index contributed by atoms with van der Waals surface area (Å²) in [4.78, 5) is 12.6. The summed E-state index contributed by atoms with van der Waals surface area (Å²) in [6.45, 7) is 1.09. The number of sulfonamides is 1. The maximum atomic E-state index is 12.6. The van der Waals surface area contributed by atoms with E-state index in [4.69, 9.17) is 9.47 Å². The Morgan fingerprint density at radius 1 is 1.10 bits per heavy atom. The molecule has 3 rings (SSSR count). The molecule has 7 nitrogen and oxygen atoms in total. The van der Waals surface area contributed by atoms with Gasteiger partial charge in [-0.05, 0) is 36.1 Å². The molecule has 0 aromatic heterocycles. The molecule has 0 unspecified atom stereocenters. The lowest BCUT2D eigenvalue weighted by Gasteiger charge is -2.32. The minimum atomic E-state index is -3.41. The Kier molecular flexibility index (Phi) is 7.33. The molecule has 0 aliphatic carbocycles. The standard InChI is InChI=1S/C22H28N2O5S/c1-28-21-14-18(11-12-20(21)29-16-17-8-4-3-5-9-17)15-23-22(25)19-10-6-7-13-24(19)30(2,26)27/h3-5,8-9,11-12,14,19H,6-7,10,13,15-16H2,1-2H3,(H,23,25)/t19-/m1/s1. The predicted octanol–water partition coefficient (Wildman–Crippen LogP) is 2.70. The molecule has 2 aromatic carbocycles. The lowest BCUT2D eigenvalue weighted by molar-refractivity contribution is -0.125. The number of hydrogen-bond acceptors (Lipinski definition) is 5. The molecule has 1 aliphatic rings. The van der Waals surface area contributed by atoms with Crippen molar-refractivity contribution in [3.63, 3.8) is 0 Å². The number of carbonyl (C=O) groups excluding carboxylic acids is 1. The number of piperidine rings is 1. The van der Waals surface area contributed by atoms with Crippen LogP contribution in [0, 0.1) is 0 Å². The molecule has 1 fully saturated rings. The number of benzene rings is 2. The highest BCUT2D eigenvalue weighted by molar-refractivity contribution is 7.88. The molecule has 1 heterocycles. The van der Waals surface area contributed by atoms with Gasteiger partial charge in [-0.2, -0.15) is 4.31 Å². The number of hydrogen-bond donors (Lipinski definition) is 1. The van der Waals surface area contributed by atoms with Crippen LogP contribution >= 0.6 is 0 Å². The van der Waals surface area contributed by atoms with Gasteiger partial charge in [-0.3, -0.25) is 4.79 Å². The maximum absolute atomic E-state index is 12.6. The fourth-order valence-corrected chi connectivity index (χ4v) is 4.67. The molecule has 8 heteroatoms. The highest BCUT2D eigenvalue weighted by Crippen LogP contribution is 2.29. The topological polar surface area (TPSA) is 84.9 Å². The average molecular weight is 433 g/mol. The third-order valence-corrected chi connectivity index (χ3v) is 6.40. The van der Waals surface area contributed by atoms with Gasteiger partial charge >= 0.3 is 0 Å². The van der Waals surface area contributed by atoms with Gasteiger partial charge < -0.3 is 14.8 Å². The lowest BCUT2D eigenvalue weighted by atomic mass is 10.0. The molecule has 0 saturated carbocycles. The van der Waals surface area contributed by atoms with Crippen molar-refractivity contribution in [2.75, 3.05) is 19.9 Å². The van der Waals surface area contributed by atoms with E-state index < -0.39 is 16.1 Å². The van der Waals surface area contributed by atoms with Gasteiger partial charge in [0.25, 0.3) is 0 Å². The van der Waals surface area contributed by atoms with Crippen molar-refractivity contribution in [3.05, 3.63) is 59.7 Å². The molecule has 1 atom stereocenters. The van der Waals surface area contributed by atoms with Gasteiger partial charge in [0.2, 0.25) is 15.9 Å². The van der Waals surface area contributed by atoms with Gasteiger partial charge in [-0.1, -0.05) is 42.8 Å². The van der Waals surface area contributed by atoms with Crippen LogP contribution in [-0.4, -0.2) is 44.6 Å². The highest BCUT2D eigenvalue weighted by atomic mass is 32.2. The van der Waals surface area contributed by atoms with Gasteiger partial charge in [-0.15, -0.1) is 0 Å². The van der Waals surface area contributed by atoms with Crippen LogP contribution in [0.2, 0.25) is 0 Å². The average Bonchev–Trinajstić information content (AvgIpc) is 2.76. The fraction of sp³-hybridized carbons (Fsp3) is 0.409. The second kappa shape index (κ2) is 9.95. The summed E-state index contributed by atoms with van der Waals surface area (Å²) < 4.78 is 36.5. The summed E-state index contributed by atoms with van der Waals surface area (Å²) in [5, 5.41) is 2.86. The Hall–Kier alpha value is -2.58. The molecule has 2 aromatic rings. The number of nitrogens with zero attached hydrogens (tertiary/aromatic N) is 1. The summed E-state index contributed by atoms with van der Waals surface area (Å²) in [7, 11) is -1.84. The third kappa shape index (κ3) is 5.73. The van der Waals surface area contributed by atoms with E-state index in [1.807, 2.05) is 48.5 Å². The van der Waals surface area contributed by atoms with E-state index in [9.17, 15) is 13.2 Å². The number of rotatable bonds is 8. The first-order valence-electron chi connectivity index (χ1n) is 9.96. The van der Waals surface area contributed by atoms with Crippen molar-refractivity contribution in [2.24, 2.45) is 0 Å². The lowest BCUT2D eigenvalue weighted by Crippen LogP contribution is -2.51. The molecule has 1 amide bonds. The summed E-state index contributed by atoms with van der Waals surface area (Å²) in [5.74, 6) is 0.920. The van der Waals surface area contributed by atoms with Gasteiger partial charge in [0.15, 0.2) is 11.5 Å². The minimum absolute atomic E-state index is 0.275. The van der Waals surface area contributed by atoms with Crippen molar-refractivity contribution in [1.29, 1.82) is 0 Å². The van der Waals surface area contributed by atoms with Crippen molar-refractivity contribution in [1.82, 2.24) is 9.62 Å². The quantitative estimate of drug-likeness (QED) is 0.693. The monoisotopic (exact) mass is 432 g/mol. The summed E-state index contributed by atoms with van der Waals surface area (Å²) in [6, 6.07) is 14.7. The van der Waals surface area contributed by atoms with Gasteiger partial charge in [0, 0.05) is 13.1 Å². The van der Waals surface area contributed by atoms with Crippen LogP contribution in [0.1, 0.15) is 30.4 Å². The van der Waals surface area contributed by atoms with E-state index in [2.05, 4.69) is 5.32 Å². The van der Waals surface area contributed by atoms with Gasteiger partial charge in [0.1, 0.15) is 12.6 Å². The summed E-state index contributed by atoms with van der Waals surface area (Å²) in [5.41, 5.74) is 1.90. The van der Waals surface area contributed by atoms with E-state index in [-0.39, 0.29) is 12.5 Å². The molecular formula is C22H28N2O5S. The van der Waals surface area contributed by atoms with Crippen molar-refractivity contribution in [2.45, 2.75) is 38.5 Å². The van der Waals surface area contributed by atoms with Crippen LogP contribution in [0.25, 0.3) is 0 Å². The molecule has 0 spiro atoms. The zero-order chi connectivity index (χ0) is 21.6. The van der Waals surface area contributed by atoms with E-state index >= 15 is 0 Å². The van der Waals surface area contributed by atoms with Crippen LogP contribution in [0.5, 0.6) is 11.5 Å². The zero-order valence-corrected chi connectivity index (χ0v) is 18.2. The Morgan fingerprint density at radius 2 is 1.87 bits per heavy atom. The van der Waals surface area contributed by atoms with Gasteiger partial charge in [0.05, 0.1) is 13.4 Å². The largest absolute Gasteiger partial charge is 0.493 e. The first kappa shape index (κ1) is 22.1. The first-order valence-corrected chi connectivity index (χ1v) is 11.8. The summed E-state index contributed by atoms with van der Waals surface area (Å²) in [6.07, 6.45) is 3.30. The SMILES string of the molecule is COc1cc(CNC(=O)[C@H]2CCCCN2S(C)(=O)=O)ccc1OCc1ccccc1. The van der Waals surface area contributed by atoms with E-state index in [0.717, 1.165) is 30.2 Å². The Balaban J connectivity index is 1.61. The van der Waals surface area contributed by atoms with Crippen LogP contribution in [0.4, 0.5) is 0 Å². The Morgan fingerprint density at radius 3 is 2.57 bits per heavy atom. The minimum Gasteiger partial charge on any atom is -0.493 e. The second-order valence-electron chi connectivity index (χ2n) is 7.36. The van der Waals surface area contributed by atoms with Crippen molar-refractivity contribution in [3.8, 4) is 11.5 Å². The van der Waals surface area contributed by atoms with Crippen LogP contribution in [0.3, 0.4) is 0 Å². The molecule has 30 heavy (non-hydrogen) atoms. The second-order valence-corrected chi connectivity index (χ2v) is 9.30. The summed E-state index contributed by atoms with van der Waals surface area (Å²) >= 11 is 0. The number of nitrogens with one attached hydrogen (secondary N) is 1. The first-order chi connectivity index (χ1) is 14.4. The molecule has 1 saturated heterocycles. The third-order valence-electron chi connectivity index (χ3n) is 5.11. The molecule has 0 bridgehead atoms. The number of amides is 1. The Labute approximate surface area is 178 Å². The Bertz CT molecular complexity index is 963. The number of ether oxygens (including phenoxy) is 2. The van der Waals surface area contributed by atoms with E-state index in [1.54, 1.807) is 7.11 Å². The van der Waals surface area contributed by atoms with Crippen LogP contribution < -0.4 is 14.8 Å². The predicted molar refractivity (Wildman–Crippen MR) is 115 cm³/mol. The van der Waals surface area contributed by atoms with Gasteiger partial charge in [-0.25, -0.2) is 8.42 Å². The van der Waals surface area contributed by atoms with Crippen molar-refractivity contribution >= 4 is 15.9 Å². The smallest absolute Gasteiger partial charge is 0.238 e. The molecule has 1 aliphatic heterocycles. The van der Waals surface area contributed by atoms with Crippen molar-refractivity contribution < 1.29 is 22.7 Å².